The van der Waals surface area contributed by atoms with Crippen LogP contribution in [0.5, 0.6) is 0 Å². The van der Waals surface area contributed by atoms with Crippen molar-refractivity contribution < 1.29 is 0 Å². The minimum absolute atomic E-state index is 0.495. The summed E-state index contributed by atoms with van der Waals surface area (Å²) < 4.78 is 0. The number of benzene rings is 1. The fourth-order valence-corrected chi connectivity index (χ4v) is 2.29. The molecule has 2 aromatic heterocycles. The van der Waals surface area contributed by atoms with E-state index < -0.39 is 0 Å². The Morgan fingerprint density at radius 2 is 1.92 bits per heavy atom. The Morgan fingerprint density at radius 3 is 2.72 bits per heavy atom. The zero-order valence-corrected chi connectivity index (χ0v) is 14.6. The number of nitrogens with zero attached hydrogens (tertiary/aromatic N) is 5. The van der Waals surface area contributed by atoms with E-state index in [0.29, 0.717) is 16.8 Å². The maximum atomic E-state index is 6.00. The Hall–Kier alpha value is -2.99. The molecule has 0 unspecified atom stereocenters. The smallest absolute Gasteiger partial charge is 0.227 e. The van der Waals surface area contributed by atoms with Gasteiger partial charge in [-0.2, -0.15) is 0 Å². The SMILES string of the molecule is CN(C)C=Nc1cc(-c2ccnc(Nc3cccc(Cl)c3)n2)ccn1. The molecular formula is C18H17ClN6. The summed E-state index contributed by atoms with van der Waals surface area (Å²) in [5, 5.41) is 3.80. The van der Waals surface area contributed by atoms with Crippen molar-refractivity contribution in [2.24, 2.45) is 4.99 Å². The van der Waals surface area contributed by atoms with Crippen molar-refractivity contribution in [2.75, 3.05) is 19.4 Å². The van der Waals surface area contributed by atoms with Crippen LogP contribution in [-0.2, 0) is 0 Å². The highest BCUT2D eigenvalue weighted by molar-refractivity contribution is 6.30. The molecule has 0 fully saturated rings. The van der Waals surface area contributed by atoms with E-state index in [2.05, 4.69) is 25.3 Å². The quantitative estimate of drug-likeness (QED) is 0.551. The van der Waals surface area contributed by atoms with Gasteiger partial charge in [0.25, 0.3) is 0 Å². The van der Waals surface area contributed by atoms with Crippen LogP contribution in [0.3, 0.4) is 0 Å². The molecule has 25 heavy (non-hydrogen) atoms. The number of aromatic nitrogens is 3. The second-order valence-electron chi connectivity index (χ2n) is 5.51. The van der Waals surface area contributed by atoms with Crippen LogP contribution in [0.1, 0.15) is 0 Å². The summed E-state index contributed by atoms with van der Waals surface area (Å²) in [5.41, 5.74) is 2.52. The Morgan fingerprint density at radius 1 is 1.08 bits per heavy atom. The van der Waals surface area contributed by atoms with E-state index in [1.165, 1.54) is 0 Å². The maximum absolute atomic E-state index is 6.00. The second-order valence-corrected chi connectivity index (χ2v) is 5.95. The molecule has 0 saturated heterocycles. The van der Waals surface area contributed by atoms with Gasteiger partial charge in [-0.3, -0.25) is 0 Å². The Balaban J connectivity index is 1.85. The third-order valence-corrected chi connectivity index (χ3v) is 3.43. The third-order valence-electron chi connectivity index (χ3n) is 3.20. The van der Waals surface area contributed by atoms with Crippen molar-refractivity contribution in [1.82, 2.24) is 19.9 Å². The highest BCUT2D eigenvalue weighted by Gasteiger charge is 2.04. The highest BCUT2D eigenvalue weighted by atomic mass is 35.5. The lowest BCUT2D eigenvalue weighted by Gasteiger charge is -2.07. The number of rotatable bonds is 5. The van der Waals surface area contributed by atoms with Gasteiger partial charge in [-0.05, 0) is 36.4 Å². The monoisotopic (exact) mass is 352 g/mol. The van der Waals surface area contributed by atoms with Gasteiger partial charge in [-0.1, -0.05) is 17.7 Å². The number of pyridine rings is 1. The average Bonchev–Trinajstić information content (AvgIpc) is 2.60. The van der Waals surface area contributed by atoms with Gasteiger partial charge in [0.05, 0.1) is 12.0 Å². The predicted molar refractivity (Wildman–Crippen MR) is 102 cm³/mol. The van der Waals surface area contributed by atoms with Gasteiger partial charge in [0, 0.05) is 42.8 Å². The van der Waals surface area contributed by atoms with Crippen LogP contribution in [0.2, 0.25) is 5.02 Å². The summed E-state index contributed by atoms with van der Waals surface area (Å²) in [7, 11) is 3.82. The van der Waals surface area contributed by atoms with E-state index in [1.807, 2.05) is 61.5 Å². The molecule has 0 aliphatic rings. The molecule has 0 aliphatic heterocycles. The first kappa shape index (κ1) is 16.9. The number of hydrogen-bond acceptors (Lipinski definition) is 5. The van der Waals surface area contributed by atoms with E-state index in [9.17, 15) is 0 Å². The standard InChI is InChI=1S/C18H17ClN6/c1-25(2)12-22-17-10-13(6-8-20-17)16-7-9-21-18(24-16)23-15-5-3-4-14(19)11-15/h3-12H,1-2H3,(H,21,23,24). The summed E-state index contributed by atoms with van der Waals surface area (Å²) in [6, 6.07) is 13.0. The number of nitrogens with one attached hydrogen (secondary N) is 1. The maximum Gasteiger partial charge on any atom is 0.227 e. The molecule has 126 valence electrons. The molecular weight excluding hydrogens is 336 g/mol. The third kappa shape index (κ3) is 4.74. The van der Waals surface area contributed by atoms with Crippen LogP contribution in [0, 0.1) is 0 Å². The van der Waals surface area contributed by atoms with Gasteiger partial charge in [0.15, 0.2) is 5.82 Å². The first-order valence-electron chi connectivity index (χ1n) is 7.63. The van der Waals surface area contributed by atoms with Crippen molar-refractivity contribution in [3.05, 3.63) is 59.9 Å². The molecule has 1 aromatic carbocycles. The van der Waals surface area contributed by atoms with Crippen LogP contribution in [0.25, 0.3) is 11.3 Å². The molecule has 6 nitrogen and oxygen atoms in total. The minimum Gasteiger partial charge on any atom is -0.369 e. The predicted octanol–water partition coefficient (Wildman–Crippen LogP) is 4.16. The Bertz CT molecular complexity index is 894. The number of anilines is 2. The molecule has 0 radical (unpaired) electrons. The lowest BCUT2D eigenvalue weighted by molar-refractivity contribution is 0.643. The molecule has 1 N–H and O–H groups in total. The molecule has 3 aromatic rings. The van der Waals surface area contributed by atoms with Crippen molar-refractivity contribution in [3.63, 3.8) is 0 Å². The van der Waals surface area contributed by atoms with E-state index in [-0.39, 0.29) is 0 Å². The molecule has 0 spiro atoms. The summed E-state index contributed by atoms with van der Waals surface area (Å²) >= 11 is 6.00. The van der Waals surface area contributed by atoms with Crippen molar-refractivity contribution in [1.29, 1.82) is 0 Å². The lowest BCUT2D eigenvalue weighted by Crippen LogP contribution is -2.07. The average molecular weight is 353 g/mol. The van der Waals surface area contributed by atoms with Gasteiger partial charge in [-0.25, -0.2) is 19.9 Å². The number of aliphatic imine (C=N–C) groups is 1. The Labute approximate surface area is 151 Å². The molecule has 7 heteroatoms. The van der Waals surface area contributed by atoms with Gasteiger partial charge in [-0.15, -0.1) is 0 Å². The van der Waals surface area contributed by atoms with Crippen molar-refractivity contribution in [2.45, 2.75) is 0 Å². The molecule has 0 saturated carbocycles. The summed E-state index contributed by atoms with van der Waals surface area (Å²) in [6.45, 7) is 0. The van der Waals surface area contributed by atoms with E-state index in [1.54, 1.807) is 18.7 Å². The van der Waals surface area contributed by atoms with Gasteiger partial charge in [0.1, 0.15) is 0 Å². The molecule has 0 amide bonds. The van der Waals surface area contributed by atoms with Crippen LogP contribution in [-0.4, -0.2) is 40.3 Å². The van der Waals surface area contributed by atoms with Crippen molar-refractivity contribution >= 4 is 35.4 Å². The summed E-state index contributed by atoms with van der Waals surface area (Å²) in [5.74, 6) is 1.11. The lowest BCUT2D eigenvalue weighted by atomic mass is 10.2. The number of hydrogen-bond donors (Lipinski definition) is 1. The zero-order valence-electron chi connectivity index (χ0n) is 13.9. The van der Waals surface area contributed by atoms with Crippen molar-refractivity contribution in [3.8, 4) is 11.3 Å². The largest absolute Gasteiger partial charge is 0.369 e. The summed E-state index contributed by atoms with van der Waals surface area (Å²) in [4.78, 5) is 19.2. The topological polar surface area (TPSA) is 66.3 Å². The molecule has 3 rings (SSSR count). The molecule has 0 aliphatic carbocycles. The summed E-state index contributed by atoms with van der Waals surface area (Å²) in [6.07, 6.45) is 5.13. The molecule has 0 bridgehead atoms. The van der Waals surface area contributed by atoms with Gasteiger partial charge < -0.3 is 10.2 Å². The van der Waals surface area contributed by atoms with Gasteiger partial charge >= 0.3 is 0 Å². The highest BCUT2D eigenvalue weighted by Crippen LogP contribution is 2.23. The first-order chi connectivity index (χ1) is 12.1. The zero-order chi connectivity index (χ0) is 17.6. The minimum atomic E-state index is 0.495. The second kappa shape index (κ2) is 7.72. The van der Waals surface area contributed by atoms with E-state index in [4.69, 9.17) is 11.6 Å². The normalized spacial score (nSPS) is 10.8. The fraction of sp³-hybridized carbons (Fsp3) is 0.111. The van der Waals surface area contributed by atoms with E-state index in [0.717, 1.165) is 16.9 Å². The number of halogens is 1. The molecule has 0 atom stereocenters. The van der Waals surface area contributed by atoms with Crippen LogP contribution >= 0.6 is 11.6 Å². The molecule has 2 heterocycles. The van der Waals surface area contributed by atoms with Crippen LogP contribution in [0.15, 0.2) is 59.9 Å². The Kier molecular flexibility index (Phi) is 5.20. The van der Waals surface area contributed by atoms with Gasteiger partial charge in [0.2, 0.25) is 5.95 Å². The van der Waals surface area contributed by atoms with Crippen LogP contribution in [0.4, 0.5) is 17.5 Å². The fourth-order valence-electron chi connectivity index (χ4n) is 2.10. The van der Waals surface area contributed by atoms with E-state index >= 15 is 0 Å². The first-order valence-corrected chi connectivity index (χ1v) is 8.00. The van der Waals surface area contributed by atoms with Crippen LogP contribution < -0.4 is 5.32 Å².